The summed E-state index contributed by atoms with van der Waals surface area (Å²) in [5.41, 5.74) is 3.06. The van der Waals surface area contributed by atoms with Crippen LogP contribution in [0, 0.1) is 11.9 Å². The Kier molecular flexibility index (Phi) is 12.1. The van der Waals surface area contributed by atoms with Gasteiger partial charge in [0.25, 0.3) is 0 Å². The molecule has 4 aromatic rings. The summed E-state index contributed by atoms with van der Waals surface area (Å²) in [7, 11) is 0. The molecule has 0 bridgehead atoms. The van der Waals surface area contributed by atoms with E-state index in [1.165, 1.54) is 6.07 Å². The highest BCUT2D eigenvalue weighted by atomic mass is 35.5. The Hall–Kier alpha value is -4.00. The molecule has 0 unspecified atom stereocenters. The van der Waals surface area contributed by atoms with E-state index < -0.39 is 42.5 Å². The third-order valence-electron chi connectivity index (χ3n) is 7.19. The number of carboxylic acid groups (broad SMARTS) is 2. The molecule has 9 nitrogen and oxygen atoms in total. The second-order valence-corrected chi connectivity index (χ2v) is 11.4. The van der Waals surface area contributed by atoms with Gasteiger partial charge in [-0.05, 0) is 31.4 Å². The summed E-state index contributed by atoms with van der Waals surface area (Å²) in [6.45, 7) is -0.00776. The van der Waals surface area contributed by atoms with Crippen molar-refractivity contribution in [2.24, 2.45) is 0 Å². The van der Waals surface area contributed by atoms with Crippen LogP contribution in [0.4, 0.5) is 8.78 Å². The van der Waals surface area contributed by atoms with E-state index in [0.717, 1.165) is 0 Å². The number of nitrogens with one attached hydrogen (secondary N) is 1. The first-order valence-corrected chi connectivity index (χ1v) is 15.1. The van der Waals surface area contributed by atoms with Crippen molar-refractivity contribution in [2.75, 3.05) is 6.54 Å². The number of hydrogen-bond donors (Lipinski definition) is 5. The van der Waals surface area contributed by atoms with Crippen molar-refractivity contribution < 1.29 is 38.8 Å². The fourth-order valence-electron chi connectivity index (χ4n) is 4.90. The van der Waals surface area contributed by atoms with Crippen molar-refractivity contribution >= 4 is 35.1 Å². The van der Waals surface area contributed by atoms with Crippen LogP contribution in [0.1, 0.15) is 36.8 Å². The Morgan fingerprint density at radius 1 is 0.717 bits per heavy atom. The maximum absolute atomic E-state index is 14.9. The van der Waals surface area contributed by atoms with Crippen LogP contribution in [0.3, 0.4) is 0 Å². The third kappa shape index (κ3) is 9.05. The Bertz CT molecular complexity index is 1600. The van der Waals surface area contributed by atoms with Crippen LogP contribution in [-0.4, -0.2) is 61.1 Å². The average molecular weight is 675 g/mol. The van der Waals surface area contributed by atoms with Gasteiger partial charge in [-0.2, -0.15) is 8.78 Å². The van der Waals surface area contributed by atoms with Crippen LogP contribution in [0.25, 0.3) is 33.6 Å². The maximum atomic E-state index is 14.9. The van der Waals surface area contributed by atoms with Gasteiger partial charge in [-0.1, -0.05) is 71.7 Å². The molecular formula is C33H31Cl2F2N3O6. The standard InChI is InChI=1S/C33H31Cl2F2N3O6/c34-30-22(6-2-8-24(30)26-12-10-18(32(36)39-26)4-1-5-20(41)14-28(43)44)23-7-3-9-25(31(23)35)27-13-11-19(33(37)40-27)16-38-17-21(42)15-29(45)46/h2-3,6-13,20-21,38,41-42H,1,4-5,14-17H2,(H,43,44)(H,45,46)/t20-,21+/m1/s1. The fourth-order valence-corrected chi connectivity index (χ4v) is 5.55. The van der Waals surface area contributed by atoms with Gasteiger partial charge in [-0.3, -0.25) is 9.59 Å². The molecule has 0 aliphatic carbocycles. The molecule has 46 heavy (non-hydrogen) atoms. The van der Waals surface area contributed by atoms with Crippen molar-refractivity contribution in [3.05, 3.63) is 93.7 Å². The molecule has 242 valence electrons. The number of pyridine rings is 2. The molecule has 0 saturated carbocycles. The number of aromatic nitrogens is 2. The topological polar surface area (TPSA) is 153 Å². The summed E-state index contributed by atoms with van der Waals surface area (Å²) in [4.78, 5) is 29.6. The normalized spacial score (nSPS) is 12.6. The SMILES string of the molecule is O=C(O)C[C@H](O)CCCc1ccc(-c2cccc(-c3cccc(-c4ccc(CNC[C@@H](O)CC(=O)O)c(F)n4)c3Cl)c2Cl)nc1F. The molecule has 0 aliphatic heterocycles. The summed E-state index contributed by atoms with van der Waals surface area (Å²) in [6, 6.07) is 16.6. The van der Waals surface area contributed by atoms with Crippen LogP contribution < -0.4 is 5.32 Å². The van der Waals surface area contributed by atoms with Crippen molar-refractivity contribution in [3.63, 3.8) is 0 Å². The van der Waals surface area contributed by atoms with Gasteiger partial charge in [0.2, 0.25) is 11.9 Å². The minimum absolute atomic E-state index is 0.0253. The number of aryl methyl sites for hydroxylation is 1. The molecule has 2 heterocycles. The van der Waals surface area contributed by atoms with Crippen molar-refractivity contribution in [1.29, 1.82) is 0 Å². The number of carboxylic acids is 2. The first kappa shape index (κ1) is 34.9. The van der Waals surface area contributed by atoms with E-state index in [1.54, 1.807) is 54.6 Å². The number of rotatable bonds is 15. The van der Waals surface area contributed by atoms with Crippen LogP contribution >= 0.6 is 23.2 Å². The maximum Gasteiger partial charge on any atom is 0.306 e. The van der Waals surface area contributed by atoms with E-state index >= 15 is 0 Å². The van der Waals surface area contributed by atoms with Crippen LogP contribution in [-0.2, 0) is 22.6 Å². The summed E-state index contributed by atoms with van der Waals surface area (Å²) < 4.78 is 29.8. The summed E-state index contributed by atoms with van der Waals surface area (Å²) in [6.07, 6.45) is -2.05. The van der Waals surface area contributed by atoms with Crippen LogP contribution in [0.15, 0.2) is 60.7 Å². The van der Waals surface area contributed by atoms with E-state index in [9.17, 15) is 28.6 Å². The highest BCUT2D eigenvalue weighted by Gasteiger charge is 2.19. The molecule has 13 heteroatoms. The van der Waals surface area contributed by atoms with Crippen molar-refractivity contribution in [2.45, 2.75) is 50.9 Å². The number of halogens is 4. The van der Waals surface area contributed by atoms with Gasteiger partial charge in [0.1, 0.15) is 0 Å². The average Bonchev–Trinajstić information content (AvgIpc) is 2.98. The van der Waals surface area contributed by atoms with Gasteiger partial charge in [0.15, 0.2) is 0 Å². The highest BCUT2D eigenvalue weighted by Crippen LogP contribution is 2.42. The molecule has 0 saturated heterocycles. The van der Waals surface area contributed by atoms with Gasteiger partial charge >= 0.3 is 11.9 Å². The van der Waals surface area contributed by atoms with Gasteiger partial charge in [-0.15, -0.1) is 0 Å². The van der Waals surface area contributed by atoms with Crippen molar-refractivity contribution in [3.8, 4) is 33.6 Å². The molecule has 5 N–H and O–H groups in total. The fraction of sp³-hybridized carbons (Fsp3) is 0.273. The van der Waals surface area contributed by atoms with E-state index in [4.69, 9.17) is 33.4 Å². The smallest absolute Gasteiger partial charge is 0.306 e. The largest absolute Gasteiger partial charge is 0.481 e. The first-order valence-electron chi connectivity index (χ1n) is 14.3. The molecule has 0 amide bonds. The number of benzene rings is 2. The zero-order valence-electron chi connectivity index (χ0n) is 24.4. The number of hydrogen-bond acceptors (Lipinski definition) is 7. The molecule has 4 rings (SSSR count). The Labute approximate surface area is 273 Å². The summed E-state index contributed by atoms with van der Waals surface area (Å²) >= 11 is 13.6. The van der Waals surface area contributed by atoms with E-state index in [1.807, 2.05) is 0 Å². The minimum atomic E-state index is -1.14. The second-order valence-electron chi connectivity index (χ2n) is 10.7. The van der Waals surface area contributed by atoms with Gasteiger partial charge in [0.05, 0.1) is 46.5 Å². The number of aliphatic carboxylic acids is 2. The molecule has 2 aromatic heterocycles. The Balaban J connectivity index is 1.52. The number of carbonyl (C=O) groups is 2. The third-order valence-corrected chi connectivity index (χ3v) is 8.01. The lowest BCUT2D eigenvalue weighted by atomic mass is 9.98. The number of nitrogens with zero attached hydrogens (tertiary/aromatic N) is 2. The zero-order chi connectivity index (χ0) is 33.4. The Morgan fingerprint density at radius 2 is 1.20 bits per heavy atom. The predicted molar refractivity (Wildman–Crippen MR) is 169 cm³/mol. The Morgan fingerprint density at radius 3 is 1.70 bits per heavy atom. The van der Waals surface area contributed by atoms with Crippen LogP contribution in [0.5, 0.6) is 0 Å². The number of aliphatic hydroxyl groups excluding tert-OH is 2. The lowest BCUT2D eigenvalue weighted by Gasteiger charge is -2.14. The lowest BCUT2D eigenvalue weighted by Crippen LogP contribution is -2.28. The molecule has 0 fully saturated rings. The second kappa shape index (κ2) is 16.0. The van der Waals surface area contributed by atoms with Gasteiger partial charge in [0, 0.05) is 46.5 Å². The minimum Gasteiger partial charge on any atom is -0.481 e. The van der Waals surface area contributed by atoms with Crippen molar-refractivity contribution in [1.82, 2.24) is 15.3 Å². The molecule has 2 aromatic carbocycles. The summed E-state index contributed by atoms with van der Waals surface area (Å²) in [5, 5.41) is 40.3. The van der Waals surface area contributed by atoms with E-state index in [2.05, 4.69) is 15.3 Å². The van der Waals surface area contributed by atoms with E-state index in [-0.39, 0.29) is 59.3 Å². The van der Waals surface area contributed by atoms with Gasteiger partial charge < -0.3 is 25.7 Å². The predicted octanol–water partition coefficient (Wildman–Crippen LogP) is 6.15. The highest BCUT2D eigenvalue weighted by molar-refractivity contribution is 6.39. The number of aliphatic hydroxyl groups is 2. The quantitative estimate of drug-likeness (QED) is 0.0936. The first-order chi connectivity index (χ1) is 21.9. The van der Waals surface area contributed by atoms with E-state index in [0.29, 0.717) is 34.2 Å². The molecule has 0 aliphatic rings. The monoisotopic (exact) mass is 673 g/mol. The van der Waals surface area contributed by atoms with Crippen LogP contribution in [0.2, 0.25) is 10.0 Å². The molecule has 2 atom stereocenters. The molecular weight excluding hydrogens is 643 g/mol. The summed E-state index contributed by atoms with van der Waals surface area (Å²) in [5.74, 6) is -3.70. The zero-order valence-corrected chi connectivity index (χ0v) is 25.9. The van der Waals surface area contributed by atoms with Gasteiger partial charge in [-0.25, -0.2) is 9.97 Å². The lowest BCUT2D eigenvalue weighted by molar-refractivity contribution is -0.140. The molecule has 0 spiro atoms. The molecule has 0 radical (unpaired) electrons.